The molecule has 0 aliphatic rings. The zero-order valence-electron chi connectivity index (χ0n) is 15.4. The van der Waals surface area contributed by atoms with Crippen LogP contribution in [0.3, 0.4) is 0 Å². The summed E-state index contributed by atoms with van der Waals surface area (Å²) < 4.78 is 0. The fraction of sp³-hybridized carbons (Fsp3) is 0.700. The molecular weight excluding hydrogens is 254 g/mol. The molecule has 0 aromatic heterocycles. The minimum atomic E-state index is 0.187. The molecule has 0 aliphatic heterocycles. The molecule has 0 saturated heterocycles. The van der Waals surface area contributed by atoms with Crippen LogP contribution >= 0.6 is 0 Å². The van der Waals surface area contributed by atoms with Gasteiger partial charge in [0.15, 0.2) is 0 Å². The van der Waals surface area contributed by atoms with Crippen LogP contribution in [0.4, 0.5) is 0 Å². The lowest BCUT2D eigenvalue weighted by atomic mass is 9.79. The van der Waals surface area contributed by atoms with Gasteiger partial charge in [-0.05, 0) is 55.6 Å². The van der Waals surface area contributed by atoms with E-state index in [4.69, 9.17) is 0 Å². The van der Waals surface area contributed by atoms with E-state index >= 15 is 0 Å². The van der Waals surface area contributed by atoms with Crippen molar-refractivity contribution in [2.45, 2.75) is 79.2 Å². The van der Waals surface area contributed by atoms with Crippen LogP contribution in [0.1, 0.15) is 72.9 Å². The van der Waals surface area contributed by atoms with Gasteiger partial charge in [0, 0.05) is 12.1 Å². The first kappa shape index (κ1) is 18.2. The molecule has 1 unspecified atom stereocenters. The van der Waals surface area contributed by atoms with E-state index in [0.717, 1.165) is 13.0 Å². The average molecular weight is 290 g/mol. The molecule has 120 valence electrons. The number of nitrogens with one attached hydrogen (secondary N) is 1. The van der Waals surface area contributed by atoms with E-state index < -0.39 is 0 Å². The van der Waals surface area contributed by atoms with Crippen molar-refractivity contribution in [3.63, 3.8) is 0 Å². The highest BCUT2D eigenvalue weighted by Gasteiger charge is 2.25. The fourth-order valence-electron chi connectivity index (χ4n) is 2.41. The Morgan fingerprint density at radius 1 is 0.857 bits per heavy atom. The summed E-state index contributed by atoms with van der Waals surface area (Å²) in [7, 11) is 0. The molecule has 1 aromatic carbocycles. The van der Waals surface area contributed by atoms with Gasteiger partial charge in [-0.25, -0.2) is 0 Å². The van der Waals surface area contributed by atoms with E-state index in [1.165, 1.54) is 17.5 Å². The Morgan fingerprint density at radius 3 is 1.76 bits per heavy atom. The molecule has 1 nitrogen and oxygen atoms in total. The topological polar surface area (TPSA) is 12.0 Å². The molecule has 21 heavy (non-hydrogen) atoms. The summed E-state index contributed by atoms with van der Waals surface area (Å²) in [6.45, 7) is 19.3. The highest BCUT2D eigenvalue weighted by Crippen LogP contribution is 2.28. The monoisotopic (exact) mass is 289 g/mol. The lowest BCUT2D eigenvalue weighted by Gasteiger charge is -2.33. The first-order valence-electron chi connectivity index (χ1n) is 8.30. The fourth-order valence-corrected chi connectivity index (χ4v) is 2.41. The molecule has 0 radical (unpaired) electrons. The Hall–Kier alpha value is -0.820. The van der Waals surface area contributed by atoms with E-state index in [1.807, 2.05) is 0 Å². The molecule has 0 aliphatic carbocycles. The summed E-state index contributed by atoms with van der Waals surface area (Å²) in [5.41, 5.74) is 3.60. The second-order valence-electron chi connectivity index (χ2n) is 8.89. The molecule has 1 rings (SSSR count). The van der Waals surface area contributed by atoms with Crippen LogP contribution in [0.25, 0.3) is 0 Å². The number of hydrogen-bond acceptors (Lipinski definition) is 1. The highest BCUT2D eigenvalue weighted by atomic mass is 15.0. The van der Waals surface area contributed by atoms with Gasteiger partial charge in [-0.2, -0.15) is 0 Å². The van der Waals surface area contributed by atoms with E-state index in [9.17, 15) is 0 Å². The van der Waals surface area contributed by atoms with Crippen molar-refractivity contribution in [3.05, 3.63) is 35.4 Å². The first-order valence-corrected chi connectivity index (χ1v) is 8.30. The molecule has 0 heterocycles. The number of hydrogen-bond donors (Lipinski definition) is 1. The third-order valence-corrected chi connectivity index (χ3v) is 4.35. The minimum Gasteiger partial charge on any atom is -0.312 e. The zero-order valence-corrected chi connectivity index (χ0v) is 15.4. The largest absolute Gasteiger partial charge is 0.312 e. The van der Waals surface area contributed by atoms with Crippen molar-refractivity contribution >= 4 is 0 Å². The smallest absolute Gasteiger partial charge is 0.00967 e. The maximum Gasteiger partial charge on any atom is 0.00967 e. The van der Waals surface area contributed by atoms with Gasteiger partial charge in [0.2, 0.25) is 0 Å². The molecule has 0 amide bonds. The summed E-state index contributed by atoms with van der Waals surface area (Å²) in [6, 6.07) is 9.21. The van der Waals surface area contributed by atoms with Crippen LogP contribution in [0.15, 0.2) is 24.3 Å². The van der Waals surface area contributed by atoms with Gasteiger partial charge in [-0.1, -0.05) is 58.9 Å². The Morgan fingerprint density at radius 2 is 1.38 bits per heavy atom. The van der Waals surface area contributed by atoms with Crippen LogP contribution < -0.4 is 5.32 Å². The second-order valence-corrected chi connectivity index (χ2v) is 8.89. The number of rotatable bonds is 5. The molecule has 1 N–H and O–H groups in total. The van der Waals surface area contributed by atoms with Crippen LogP contribution in [0.5, 0.6) is 0 Å². The molecule has 0 bridgehead atoms. The van der Waals surface area contributed by atoms with E-state index in [-0.39, 0.29) is 11.0 Å². The molecule has 1 aromatic rings. The van der Waals surface area contributed by atoms with Gasteiger partial charge in [0.05, 0.1) is 0 Å². The normalized spacial score (nSPS) is 15.8. The molecule has 0 spiro atoms. The standard InChI is InChI=1S/C20H35N/c1-9-20(8,15-21-19(5,6)7)14-16-10-12-17(13-11-16)18(2,3)4/h10-13,21H,9,14-15H2,1-8H3. The summed E-state index contributed by atoms with van der Waals surface area (Å²) in [6.07, 6.45) is 2.33. The van der Waals surface area contributed by atoms with E-state index in [2.05, 4.69) is 85.0 Å². The summed E-state index contributed by atoms with van der Waals surface area (Å²) in [4.78, 5) is 0. The van der Waals surface area contributed by atoms with E-state index in [0.29, 0.717) is 5.41 Å². The van der Waals surface area contributed by atoms with Gasteiger partial charge >= 0.3 is 0 Å². The van der Waals surface area contributed by atoms with Crippen molar-refractivity contribution < 1.29 is 0 Å². The van der Waals surface area contributed by atoms with Crippen molar-refractivity contribution in [1.82, 2.24) is 5.32 Å². The summed E-state index contributed by atoms with van der Waals surface area (Å²) >= 11 is 0. The first-order chi connectivity index (χ1) is 9.45. The summed E-state index contributed by atoms with van der Waals surface area (Å²) in [5.74, 6) is 0. The SMILES string of the molecule is CCC(C)(CNC(C)(C)C)Cc1ccc(C(C)(C)C)cc1. The molecule has 0 saturated carbocycles. The lowest BCUT2D eigenvalue weighted by Crippen LogP contribution is -2.43. The Labute approximate surface area is 132 Å². The lowest BCUT2D eigenvalue weighted by molar-refractivity contribution is 0.255. The molecule has 0 fully saturated rings. The maximum absolute atomic E-state index is 3.67. The van der Waals surface area contributed by atoms with Crippen molar-refractivity contribution in [2.75, 3.05) is 6.54 Å². The second kappa shape index (κ2) is 6.52. The van der Waals surface area contributed by atoms with Crippen LogP contribution in [0.2, 0.25) is 0 Å². The third-order valence-electron chi connectivity index (χ3n) is 4.35. The highest BCUT2D eigenvalue weighted by molar-refractivity contribution is 5.28. The average Bonchev–Trinajstić information content (AvgIpc) is 2.35. The molecule has 1 heteroatoms. The van der Waals surface area contributed by atoms with Crippen molar-refractivity contribution in [3.8, 4) is 0 Å². The van der Waals surface area contributed by atoms with Crippen molar-refractivity contribution in [2.24, 2.45) is 5.41 Å². The van der Waals surface area contributed by atoms with Gasteiger partial charge < -0.3 is 5.32 Å². The quantitative estimate of drug-likeness (QED) is 0.772. The minimum absolute atomic E-state index is 0.187. The third kappa shape index (κ3) is 6.22. The molecular formula is C20H35N. The zero-order chi connectivity index (χ0) is 16.3. The maximum atomic E-state index is 3.67. The Balaban J connectivity index is 2.77. The predicted molar refractivity (Wildman–Crippen MR) is 95.0 cm³/mol. The van der Waals surface area contributed by atoms with E-state index in [1.54, 1.807) is 0 Å². The Bertz CT molecular complexity index is 430. The summed E-state index contributed by atoms with van der Waals surface area (Å²) in [5, 5.41) is 3.67. The van der Waals surface area contributed by atoms with Gasteiger partial charge in [0.25, 0.3) is 0 Å². The van der Waals surface area contributed by atoms with Crippen LogP contribution in [-0.2, 0) is 11.8 Å². The van der Waals surface area contributed by atoms with Crippen molar-refractivity contribution in [1.29, 1.82) is 0 Å². The van der Waals surface area contributed by atoms with Crippen LogP contribution in [-0.4, -0.2) is 12.1 Å². The number of benzene rings is 1. The predicted octanol–water partition coefficient (Wildman–Crippen LogP) is 5.33. The van der Waals surface area contributed by atoms with Gasteiger partial charge in [-0.3, -0.25) is 0 Å². The van der Waals surface area contributed by atoms with Gasteiger partial charge in [0.1, 0.15) is 0 Å². The Kier molecular flexibility index (Phi) is 5.66. The van der Waals surface area contributed by atoms with Gasteiger partial charge in [-0.15, -0.1) is 0 Å². The molecule has 1 atom stereocenters. The van der Waals surface area contributed by atoms with Crippen LogP contribution in [0, 0.1) is 5.41 Å².